The van der Waals surface area contributed by atoms with Crippen LogP contribution in [0.3, 0.4) is 0 Å². The highest BCUT2D eigenvalue weighted by Crippen LogP contribution is 2.37. The van der Waals surface area contributed by atoms with E-state index in [1.165, 1.54) is 11.8 Å². The number of carbonyl (C=O) groups is 1. The molecule has 9 heteroatoms. The lowest BCUT2D eigenvalue weighted by molar-refractivity contribution is -0.114. The second-order valence-corrected chi connectivity index (χ2v) is 9.21. The van der Waals surface area contributed by atoms with E-state index in [2.05, 4.69) is 4.99 Å². The lowest BCUT2D eigenvalue weighted by Gasteiger charge is -2.27. The van der Waals surface area contributed by atoms with Crippen molar-refractivity contribution in [3.05, 3.63) is 99.9 Å². The molecule has 1 amide bonds. The summed E-state index contributed by atoms with van der Waals surface area (Å²) in [6, 6.07) is 22.3. The van der Waals surface area contributed by atoms with E-state index < -0.39 is 5.91 Å². The minimum absolute atomic E-state index is 0.0751. The monoisotopic (exact) mass is 531 g/mol. The van der Waals surface area contributed by atoms with Gasteiger partial charge in [0.15, 0.2) is 16.7 Å². The molecule has 3 aromatic rings. The number of ether oxygens (including phenoxy) is 3. The van der Waals surface area contributed by atoms with Gasteiger partial charge in [-0.15, -0.1) is 0 Å². The van der Waals surface area contributed by atoms with Crippen LogP contribution in [0, 0.1) is 5.41 Å². The summed E-state index contributed by atoms with van der Waals surface area (Å²) in [5.74, 6) is 1.23. The molecule has 2 aliphatic heterocycles. The van der Waals surface area contributed by atoms with E-state index in [9.17, 15) is 4.79 Å². The summed E-state index contributed by atoms with van der Waals surface area (Å²) in [4.78, 5) is 18.7. The molecule has 1 N–H and O–H groups in total. The van der Waals surface area contributed by atoms with Gasteiger partial charge in [0.2, 0.25) is 0 Å². The molecule has 0 saturated carbocycles. The summed E-state index contributed by atoms with van der Waals surface area (Å²) in [5.41, 5.74) is 2.63. The molecule has 2 heterocycles. The first-order valence-electron chi connectivity index (χ1n) is 11.4. The molecule has 186 valence electrons. The number of methoxy groups -OCH3 is 1. The second kappa shape index (κ2) is 10.9. The smallest absolute Gasteiger partial charge is 0.283 e. The number of fused-ring (bicyclic) bond motifs is 1. The van der Waals surface area contributed by atoms with Crippen LogP contribution < -0.4 is 14.2 Å². The average molecular weight is 532 g/mol. The Hall–Kier alpha value is -4.01. The maximum atomic E-state index is 12.8. The lowest BCUT2D eigenvalue weighted by Crippen LogP contribution is -2.38. The van der Waals surface area contributed by atoms with Crippen molar-refractivity contribution in [2.45, 2.75) is 0 Å². The van der Waals surface area contributed by atoms with Crippen LogP contribution in [0.5, 0.6) is 17.2 Å². The van der Waals surface area contributed by atoms with Gasteiger partial charge in [0.05, 0.1) is 23.4 Å². The SMILES string of the molecule is COc1cc(C=C2C(=N)N3C(c4ccccc4)=CSC3=NC2=O)ccc1OCCOc1ccccc1Cl. The van der Waals surface area contributed by atoms with Crippen molar-refractivity contribution >= 4 is 52.0 Å². The largest absolute Gasteiger partial charge is 0.493 e. The molecule has 0 aromatic heterocycles. The van der Waals surface area contributed by atoms with Crippen molar-refractivity contribution in [3.63, 3.8) is 0 Å². The molecule has 7 nitrogen and oxygen atoms in total. The number of nitrogens with one attached hydrogen (secondary N) is 1. The number of amides is 1. The number of carbonyl (C=O) groups excluding carboxylic acids is 1. The van der Waals surface area contributed by atoms with Gasteiger partial charge in [-0.3, -0.25) is 15.1 Å². The summed E-state index contributed by atoms with van der Waals surface area (Å²) < 4.78 is 17.0. The summed E-state index contributed by atoms with van der Waals surface area (Å²) in [5, 5.41) is 11.7. The first-order chi connectivity index (χ1) is 18.0. The van der Waals surface area contributed by atoms with E-state index in [0.29, 0.717) is 39.6 Å². The molecular formula is C28H22ClN3O4S. The first-order valence-corrected chi connectivity index (χ1v) is 12.6. The molecule has 0 spiro atoms. The Kier molecular flexibility index (Phi) is 7.30. The number of hydrogen-bond acceptors (Lipinski definition) is 6. The van der Waals surface area contributed by atoms with Gasteiger partial charge < -0.3 is 14.2 Å². The van der Waals surface area contributed by atoms with Gasteiger partial charge in [0.25, 0.3) is 5.91 Å². The minimum atomic E-state index is -0.456. The summed E-state index contributed by atoms with van der Waals surface area (Å²) in [6.45, 7) is 0.583. The van der Waals surface area contributed by atoms with Crippen LogP contribution in [0.2, 0.25) is 5.02 Å². The third kappa shape index (κ3) is 5.26. The van der Waals surface area contributed by atoms with Crippen molar-refractivity contribution < 1.29 is 19.0 Å². The Morgan fingerprint density at radius 1 is 0.973 bits per heavy atom. The summed E-state index contributed by atoms with van der Waals surface area (Å²) in [6.07, 6.45) is 1.64. The Morgan fingerprint density at radius 2 is 1.70 bits per heavy atom. The van der Waals surface area contributed by atoms with E-state index in [1.807, 2.05) is 47.9 Å². The van der Waals surface area contributed by atoms with Crippen LogP contribution >= 0.6 is 23.4 Å². The van der Waals surface area contributed by atoms with Crippen LogP contribution in [-0.2, 0) is 4.79 Å². The van der Waals surface area contributed by atoms with Gasteiger partial charge in [0, 0.05) is 5.41 Å². The van der Waals surface area contributed by atoms with Gasteiger partial charge >= 0.3 is 0 Å². The van der Waals surface area contributed by atoms with Crippen LogP contribution in [0.4, 0.5) is 0 Å². The van der Waals surface area contributed by atoms with Gasteiger partial charge in [-0.25, -0.2) is 0 Å². The maximum Gasteiger partial charge on any atom is 0.283 e. The molecule has 0 fully saturated rings. The summed E-state index contributed by atoms with van der Waals surface area (Å²) >= 11 is 7.44. The van der Waals surface area contributed by atoms with E-state index >= 15 is 0 Å². The molecule has 0 saturated heterocycles. The van der Waals surface area contributed by atoms with Crippen molar-refractivity contribution in [2.24, 2.45) is 4.99 Å². The second-order valence-electron chi connectivity index (χ2n) is 7.97. The summed E-state index contributed by atoms with van der Waals surface area (Å²) in [7, 11) is 1.54. The van der Waals surface area contributed by atoms with Gasteiger partial charge in [-0.1, -0.05) is 71.9 Å². The Labute approximate surface area is 223 Å². The third-order valence-corrected chi connectivity index (χ3v) is 6.76. The Balaban J connectivity index is 1.31. The van der Waals surface area contributed by atoms with Gasteiger partial charge in [-0.2, -0.15) is 4.99 Å². The standard InChI is InChI=1S/C28H22ClN3O4S/c1-34-25-16-18(11-12-24(25)36-14-13-35-23-10-6-5-9-21(23)29)15-20-26(30)32-22(19-7-3-2-4-8-19)17-37-28(32)31-27(20)33/h2-12,15-17,30H,13-14H2,1H3. The number of para-hydroxylation sites is 1. The van der Waals surface area contributed by atoms with Gasteiger partial charge in [0.1, 0.15) is 24.8 Å². The Bertz CT molecular complexity index is 1450. The molecule has 3 aromatic carbocycles. The van der Waals surface area contributed by atoms with Crippen molar-refractivity contribution in [2.75, 3.05) is 20.3 Å². The minimum Gasteiger partial charge on any atom is -0.493 e. The van der Waals surface area contributed by atoms with E-state index in [-0.39, 0.29) is 18.0 Å². The highest BCUT2D eigenvalue weighted by atomic mass is 35.5. The number of hydrogen-bond donors (Lipinski definition) is 1. The Morgan fingerprint density at radius 3 is 2.46 bits per heavy atom. The van der Waals surface area contributed by atoms with Crippen molar-refractivity contribution in [3.8, 4) is 17.2 Å². The highest BCUT2D eigenvalue weighted by Gasteiger charge is 2.36. The molecule has 5 rings (SSSR count). The zero-order valence-electron chi connectivity index (χ0n) is 19.8. The number of halogens is 1. The fraction of sp³-hybridized carbons (Fsp3) is 0.107. The molecule has 0 bridgehead atoms. The number of rotatable bonds is 8. The first kappa shape index (κ1) is 24.7. The quantitative estimate of drug-likeness (QED) is 0.279. The highest BCUT2D eigenvalue weighted by molar-refractivity contribution is 8.17. The van der Waals surface area contributed by atoms with E-state index in [4.69, 9.17) is 31.2 Å². The maximum absolute atomic E-state index is 12.8. The third-order valence-electron chi connectivity index (χ3n) is 5.62. The van der Waals surface area contributed by atoms with Gasteiger partial charge in [-0.05, 0) is 41.5 Å². The molecule has 0 radical (unpaired) electrons. The molecular weight excluding hydrogens is 510 g/mol. The van der Waals surface area contributed by atoms with Crippen molar-refractivity contribution in [1.82, 2.24) is 4.90 Å². The van der Waals surface area contributed by atoms with Crippen LogP contribution in [0.1, 0.15) is 11.1 Å². The van der Waals surface area contributed by atoms with Crippen LogP contribution in [0.15, 0.2) is 88.8 Å². The number of amidine groups is 2. The molecule has 0 atom stereocenters. The molecule has 0 unspecified atom stereocenters. The number of thioether (sulfide) groups is 1. The topological polar surface area (TPSA) is 84.2 Å². The van der Waals surface area contributed by atoms with E-state index in [0.717, 1.165) is 11.3 Å². The zero-order chi connectivity index (χ0) is 25.8. The zero-order valence-corrected chi connectivity index (χ0v) is 21.4. The molecule has 37 heavy (non-hydrogen) atoms. The fourth-order valence-electron chi connectivity index (χ4n) is 3.84. The number of aliphatic imine (C=N–C) groups is 1. The van der Waals surface area contributed by atoms with Crippen LogP contribution in [-0.4, -0.2) is 42.1 Å². The lowest BCUT2D eigenvalue weighted by atomic mass is 10.1. The fourth-order valence-corrected chi connectivity index (χ4v) is 4.92. The predicted molar refractivity (Wildman–Crippen MR) is 147 cm³/mol. The molecule has 2 aliphatic rings. The van der Waals surface area contributed by atoms with E-state index in [1.54, 1.807) is 48.4 Å². The van der Waals surface area contributed by atoms with Crippen LogP contribution in [0.25, 0.3) is 11.8 Å². The van der Waals surface area contributed by atoms with Crippen molar-refractivity contribution in [1.29, 1.82) is 5.41 Å². The predicted octanol–water partition coefficient (Wildman–Crippen LogP) is 6.11. The number of nitrogens with zero attached hydrogens (tertiary/aromatic N) is 2. The number of benzene rings is 3. The average Bonchev–Trinajstić information content (AvgIpc) is 3.34. The molecule has 0 aliphatic carbocycles. The normalized spacial score (nSPS) is 15.8.